The highest BCUT2D eigenvalue weighted by Gasteiger charge is 2.40. The molecule has 0 radical (unpaired) electrons. The number of hydrogen-bond donors (Lipinski definition) is 2. The number of carbonyl (C=O) groups excluding carboxylic acids is 1. The molecule has 4 atom stereocenters. The highest BCUT2D eigenvalue weighted by molar-refractivity contribution is 6.36. The summed E-state index contributed by atoms with van der Waals surface area (Å²) in [7, 11) is 0. The lowest BCUT2D eigenvalue weighted by molar-refractivity contribution is -0.123. The number of carbonyl (C=O) groups is 2. The molecule has 2 N–H and O–H groups in total. The Morgan fingerprint density at radius 3 is 2.45 bits per heavy atom. The summed E-state index contributed by atoms with van der Waals surface area (Å²) in [6, 6.07) is 19.7. The Bertz CT molecular complexity index is 1700. The van der Waals surface area contributed by atoms with E-state index in [1.54, 1.807) is 30.3 Å². The van der Waals surface area contributed by atoms with Gasteiger partial charge >= 0.3 is 5.97 Å². The van der Waals surface area contributed by atoms with Crippen LogP contribution in [0.4, 0.5) is 0 Å². The predicted molar refractivity (Wildman–Crippen MR) is 185 cm³/mol. The van der Waals surface area contributed by atoms with E-state index in [0.29, 0.717) is 47.1 Å². The second-order valence-electron chi connectivity index (χ2n) is 13.1. The largest absolute Gasteiger partial charge is 0.489 e. The molecule has 3 unspecified atom stereocenters. The maximum atomic E-state index is 13.6. The third-order valence-electron chi connectivity index (χ3n) is 9.72. The number of ether oxygens (including phenoxy) is 1. The number of rotatable bonds is 14. The number of halogens is 2. The molecule has 0 saturated heterocycles. The first-order valence-corrected chi connectivity index (χ1v) is 17.4. The zero-order valence-electron chi connectivity index (χ0n) is 26.6. The Balaban J connectivity index is 1.22. The van der Waals surface area contributed by atoms with Crippen molar-refractivity contribution in [2.75, 3.05) is 0 Å². The number of nitrogens with one attached hydrogen (secondary N) is 1. The van der Waals surface area contributed by atoms with E-state index in [2.05, 4.69) is 16.8 Å². The van der Waals surface area contributed by atoms with Crippen LogP contribution in [0, 0.1) is 17.8 Å². The number of unbranched alkanes of at least 4 members (excludes halogenated alkanes) is 1. The lowest BCUT2D eigenvalue weighted by Gasteiger charge is -2.24. The van der Waals surface area contributed by atoms with Gasteiger partial charge in [0.2, 0.25) is 5.91 Å². The first kappa shape index (κ1) is 33.1. The van der Waals surface area contributed by atoms with Crippen molar-refractivity contribution in [1.82, 2.24) is 14.9 Å². The number of carboxylic acids is 1. The number of carboxylic acid groups (broad SMARTS) is 1. The van der Waals surface area contributed by atoms with Gasteiger partial charge in [0.25, 0.3) is 0 Å². The van der Waals surface area contributed by atoms with E-state index in [9.17, 15) is 9.59 Å². The Morgan fingerprint density at radius 1 is 1.02 bits per heavy atom. The minimum Gasteiger partial charge on any atom is -0.489 e. The van der Waals surface area contributed by atoms with Gasteiger partial charge in [-0.25, -0.2) is 9.78 Å². The maximum absolute atomic E-state index is 13.6. The summed E-state index contributed by atoms with van der Waals surface area (Å²) >= 11 is 12.8. The van der Waals surface area contributed by atoms with Crippen molar-refractivity contribution in [3.05, 3.63) is 105 Å². The van der Waals surface area contributed by atoms with Crippen LogP contribution in [0.2, 0.25) is 10.0 Å². The van der Waals surface area contributed by atoms with Gasteiger partial charge in [0.15, 0.2) is 0 Å². The molecule has 246 valence electrons. The molecule has 6 rings (SSSR count). The summed E-state index contributed by atoms with van der Waals surface area (Å²) < 4.78 is 8.15. The number of aromatic carboxylic acids is 1. The molecule has 2 saturated carbocycles. The number of aromatic nitrogens is 2. The highest BCUT2D eigenvalue weighted by Crippen LogP contribution is 2.49. The fourth-order valence-electron chi connectivity index (χ4n) is 7.24. The van der Waals surface area contributed by atoms with Crippen LogP contribution in [0.1, 0.15) is 85.2 Å². The first-order chi connectivity index (χ1) is 22.7. The first-order valence-electron chi connectivity index (χ1n) is 16.6. The van der Waals surface area contributed by atoms with Crippen molar-refractivity contribution in [3.8, 4) is 17.0 Å². The van der Waals surface area contributed by atoms with E-state index in [1.807, 2.05) is 42.6 Å². The van der Waals surface area contributed by atoms with Gasteiger partial charge in [-0.15, -0.1) is 0 Å². The van der Waals surface area contributed by atoms with Gasteiger partial charge in [-0.05, 0) is 103 Å². The van der Waals surface area contributed by atoms with Crippen LogP contribution in [-0.4, -0.2) is 26.5 Å². The normalized spacial score (nSPS) is 19.1. The van der Waals surface area contributed by atoms with Crippen molar-refractivity contribution < 1.29 is 19.4 Å². The van der Waals surface area contributed by atoms with E-state index in [0.717, 1.165) is 59.9 Å². The molecule has 7 nitrogen and oxygen atoms in total. The molecule has 3 aromatic carbocycles. The summed E-state index contributed by atoms with van der Waals surface area (Å²) in [4.78, 5) is 29.9. The second-order valence-corrected chi connectivity index (χ2v) is 13.9. The molecule has 1 heterocycles. The van der Waals surface area contributed by atoms with Gasteiger partial charge in [-0.1, -0.05) is 67.2 Å². The Morgan fingerprint density at radius 2 is 1.79 bits per heavy atom. The second kappa shape index (κ2) is 15.0. The van der Waals surface area contributed by atoms with Gasteiger partial charge in [0.1, 0.15) is 18.2 Å². The van der Waals surface area contributed by atoms with Crippen molar-refractivity contribution >= 4 is 35.1 Å². The molecule has 2 fully saturated rings. The van der Waals surface area contributed by atoms with Gasteiger partial charge in [0, 0.05) is 29.7 Å². The van der Waals surface area contributed by atoms with E-state index in [1.165, 1.54) is 19.3 Å². The van der Waals surface area contributed by atoms with Crippen LogP contribution in [0.25, 0.3) is 11.3 Å². The monoisotopic (exact) mass is 673 g/mol. The van der Waals surface area contributed by atoms with Crippen LogP contribution in [0.15, 0.2) is 72.9 Å². The summed E-state index contributed by atoms with van der Waals surface area (Å²) in [6.07, 6.45) is 10.2. The molecule has 2 aliphatic carbocycles. The van der Waals surface area contributed by atoms with Crippen LogP contribution in [-0.2, 0) is 24.4 Å². The molecule has 0 spiro atoms. The average Bonchev–Trinajstić information content (AvgIpc) is 3.80. The Labute approximate surface area is 286 Å². The van der Waals surface area contributed by atoms with Crippen LogP contribution in [0.3, 0.4) is 0 Å². The van der Waals surface area contributed by atoms with Crippen molar-refractivity contribution in [2.45, 2.75) is 77.5 Å². The zero-order chi connectivity index (χ0) is 32.9. The average molecular weight is 675 g/mol. The standard InChI is InChI=1S/C38H41Cl2N3O4/c1-2-3-16-43-22-35(32-15-12-30(39)21-33(32)40)42-37(43)34(41-36(44)20-29-18-26-6-11-28(29)17-26)19-24-7-13-31(14-8-24)47-23-25-4-9-27(10-5-25)38(45)46/h4-5,7-10,12-15,21-22,26,28-29,34H,2-3,6,11,16-20,23H2,1H3,(H,41,44)(H,45,46)/t26?,28?,29?,34-/m0/s1. The zero-order valence-corrected chi connectivity index (χ0v) is 28.1. The molecule has 2 bridgehead atoms. The lowest BCUT2D eigenvalue weighted by atomic mass is 9.86. The SMILES string of the molecule is CCCCn1cc(-c2ccc(Cl)cc2Cl)nc1[C@H](Cc1ccc(OCc2ccc(C(=O)O)cc2)cc1)NC(=O)CC1CC2CCC1C2. The van der Waals surface area contributed by atoms with E-state index in [4.69, 9.17) is 38.0 Å². The highest BCUT2D eigenvalue weighted by atomic mass is 35.5. The van der Waals surface area contributed by atoms with Gasteiger partial charge in [-0.2, -0.15) is 0 Å². The molecule has 2 aliphatic rings. The number of hydrogen-bond acceptors (Lipinski definition) is 4. The molecule has 1 aromatic heterocycles. The molecule has 9 heteroatoms. The minimum atomic E-state index is -0.953. The Kier molecular flexibility index (Phi) is 10.5. The van der Waals surface area contributed by atoms with Gasteiger partial charge < -0.3 is 19.7 Å². The number of imidazole rings is 1. The summed E-state index contributed by atoms with van der Waals surface area (Å²) in [6.45, 7) is 3.27. The number of aryl methyl sites for hydroxylation is 1. The Hall–Kier alpha value is -3.81. The molecular formula is C38H41Cl2N3O4. The quantitative estimate of drug-likeness (QED) is 0.139. The molecule has 4 aromatic rings. The summed E-state index contributed by atoms with van der Waals surface area (Å²) in [5, 5.41) is 13.6. The minimum absolute atomic E-state index is 0.0811. The van der Waals surface area contributed by atoms with Crippen LogP contribution < -0.4 is 10.1 Å². The van der Waals surface area contributed by atoms with Crippen LogP contribution in [0.5, 0.6) is 5.75 Å². The van der Waals surface area contributed by atoms with Gasteiger partial charge in [0.05, 0.1) is 22.3 Å². The third-order valence-corrected chi connectivity index (χ3v) is 10.3. The van der Waals surface area contributed by atoms with E-state index in [-0.39, 0.29) is 17.5 Å². The molecular weight excluding hydrogens is 633 g/mol. The molecule has 47 heavy (non-hydrogen) atoms. The van der Waals surface area contributed by atoms with Crippen molar-refractivity contribution in [1.29, 1.82) is 0 Å². The number of amides is 1. The number of nitrogens with zero attached hydrogens (tertiary/aromatic N) is 2. The fourth-order valence-corrected chi connectivity index (χ4v) is 7.74. The van der Waals surface area contributed by atoms with Crippen molar-refractivity contribution in [2.24, 2.45) is 17.8 Å². The van der Waals surface area contributed by atoms with Crippen molar-refractivity contribution in [3.63, 3.8) is 0 Å². The number of benzene rings is 3. The topological polar surface area (TPSA) is 93.5 Å². The predicted octanol–water partition coefficient (Wildman–Crippen LogP) is 9.16. The van der Waals surface area contributed by atoms with Gasteiger partial charge in [-0.3, -0.25) is 4.79 Å². The van der Waals surface area contributed by atoms with E-state index < -0.39 is 5.97 Å². The summed E-state index contributed by atoms with van der Waals surface area (Å²) in [5.74, 6) is 2.58. The van der Waals surface area contributed by atoms with Crippen LogP contribution >= 0.6 is 23.2 Å². The third kappa shape index (κ3) is 8.20. The summed E-state index contributed by atoms with van der Waals surface area (Å²) in [5.41, 5.74) is 3.73. The number of fused-ring (bicyclic) bond motifs is 2. The lowest BCUT2D eigenvalue weighted by Crippen LogP contribution is -2.34. The fraction of sp³-hybridized carbons (Fsp3) is 0.395. The molecule has 0 aliphatic heterocycles. The molecule has 1 amide bonds. The smallest absolute Gasteiger partial charge is 0.335 e. The van der Waals surface area contributed by atoms with E-state index >= 15 is 0 Å². The maximum Gasteiger partial charge on any atom is 0.335 e.